The first-order valence-corrected chi connectivity index (χ1v) is 4.99. The highest BCUT2D eigenvalue weighted by atomic mass is 35.5. The van der Waals surface area contributed by atoms with Crippen molar-refractivity contribution >= 4 is 23.2 Å². The molecule has 0 spiro atoms. The molecule has 1 aromatic rings. The van der Waals surface area contributed by atoms with Crippen LogP contribution < -0.4 is 11.5 Å². The SMILES string of the molecule is NC(=O)CC(O)C(O)c1ccc(N)cc1Cl. The fourth-order valence-corrected chi connectivity index (χ4v) is 1.61. The van der Waals surface area contributed by atoms with Crippen molar-refractivity contribution in [2.75, 3.05) is 5.73 Å². The number of hydrogen-bond acceptors (Lipinski definition) is 4. The van der Waals surface area contributed by atoms with Crippen molar-refractivity contribution in [3.63, 3.8) is 0 Å². The topological polar surface area (TPSA) is 110 Å². The number of carbonyl (C=O) groups excluding carboxylic acids is 1. The van der Waals surface area contributed by atoms with Crippen LogP contribution >= 0.6 is 11.6 Å². The lowest BCUT2D eigenvalue weighted by Crippen LogP contribution is -2.25. The quantitative estimate of drug-likeness (QED) is 0.567. The van der Waals surface area contributed by atoms with Crippen molar-refractivity contribution in [1.82, 2.24) is 0 Å². The summed E-state index contributed by atoms with van der Waals surface area (Å²) < 4.78 is 0. The van der Waals surface area contributed by atoms with E-state index in [-0.39, 0.29) is 11.4 Å². The zero-order chi connectivity index (χ0) is 12.3. The van der Waals surface area contributed by atoms with Gasteiger partial charge in [0.25, 0.3) is 0 Å². The summed E-state index contributed by atoms with van der Waals surface area (Å²) in [6.45, 7) is 0. The number of rotatable bonds is 4. The summed E-state index contributed by atoms with van der Waals surface area (Å²) in [5.41, 5.74) is 11.1. The highest BCUT2D eigenvalue weighted by molar-refractivity contribution is 6.31. The first-order valence-electron chi connectivity index (χ1n) is 4.61. The van der Waals surface area contributed by atoms with E-state index in [9.17, 15) is 15.0 Å². The van der Waals surface area contributed by atoms with Crippen LogP contribution in [0.25, 0.3) is 0 Å². The number of primary amides is 1. The Hall–Kier alpha value is -1.30. The Labute approximate surface area is 97.6 Å². The number of carbonyl (C=O) groups is 1. The molecule has 0 radical (unpaired) electrons. The molecule has 0 aliphatic carbocycles. The van der Waals surface area contributed by atoms with E-state index in [4.69, 9.17) is 23.1 Å². The predicted octanol–water partition coefficient (Wildman–Crippen LogP) is 0.192. The van der Waals surface area contributed by atoms with Gasteiger partial charge < -0.3 is 21.7 Å². The second-order valence-corrected chi connectivity index (χ2v) is 3.87. The minimum atomic E-state index is -1.28. The summed E-state index contributed by atoms with van der Waals surface area (Å²) in [5.74, 6) is -0.696. The van der Waals surface area contributed by atoms with Gasteiger partial charge in [-0.15, -0.1) is 0 Å². The van der Waals surface area contributed by atoms with E-state index in [2.05, 4.69) is 0 Å². The van der Waals surface area contributed by atoms with Crippen LogP contribution in [0.5, 0.6) is 0 Å². The Bertz CT molecular complexity index is 398. The molecule has 0 aliphatic rings. The zero-order valence-corrected chi connectivity index (χ0v) is 9.19. The minimum Gasteiger partial charge on any atom is -0.399 e. The third-order valence-corrected chi connectivity index (χ3v) is 2.45. The number of nitrogens with two attached hydrogens (primary N) is 2. The van der Waals surface area contributed by atoms with Gasteiger partial charge in [-0.3, -0.25) is 4.79 Å². The first kappa shape index (κ1) is 12.8. The maximum Gasteiger partial charge on any atom is 0.220 e. The highest BCUT2D eigenvalue weighted by Gasteiger charge is 2.22. The molecule has 0 saturated heterocycles. The maximum absolute atomic E-state index is 10.6. The molecule has 6 N–H and O–H groups in total. The van der Waals surface area contributed by atoms with Gasteiger partial charge in [0, 0.05) is 16.3 Å². The van der Waals surface area contributed by atoms with Gasteiger partial charge in [-0.2, -0.15) is 0 Å². The summed E-state index contributed by atoms with van der Waals surface area (Å²) in [5, 5.41) is 19.5. The van der Waals surface area contributed by atoms with Crippen LogP contribution in [0.15, 0.2) is 18.2 Å². The lowest BCUT2D eigenvalue weighted by molar-refractivity contribution is -0.121. The number of nitrogen functional groups attached to an aromatic ring is 1. The summed E-state index contributed by atoms with van der Waals surface area (Å²) >= 11 is 5.84. The molecule has 16 heavy (non-hydrogen) atoms. The third kappa shape index (κ3) is 3.10. The molecule has 88 valence electrons. The Balaban J connectivity index is 2.87. The Kier molecular flexibility index (Phi) is 4.12. The van der Waals surface area contributed by atoms with Crippen molar-refractivity contribution in [1.29, 1.82) is 0 Å². The van der Waals surface area contributed by atoms with E-state index in [0.29, 0.717) is 11.3 Å². The van der Waals surface area contributed by atoms with Gasteiger partial charge in [-0.1, -0.05) is 17.7 Å². The second kappa shape index (κ2) is 5.16. The Morgan fingerprint density at radius 1 is 1.44 bits per heavy atom. The number of aliphatic hydroxyl groups excluding tert-OH is 2. The minimum absolute atomic E-state index is 0.232. The van der Waals surface area contributed by atoms with Gasteiger partial charge in [-0.25, -0.2) is 0 Å². The average Bonchev–Trinajstić information content (AvgIpc) is 2.15. The van der Waals surface area contributed by atoms with Crippen LogP contribution in [-0.2, 0) is 4.79 Å². The van der Waals surface area contributed by atoms with Gasteiger partial charge in [0.05, 0.1) is 12.5 Å². The fourth-order valence-electron chi connectivity index (χ4n) is 1.31. The van der Waals surface area contributed by atoms with Gasteiger partial charge >= 0.3 is 0 Å². The van der Waals surface area contributed by atoms with E-state index < -0.39 is 18.1 Å². The van der Waals surface area contributed by atoms with Gasteiger partial charge in [0.15, 0.2) is 0 Å². The molecule has 2 atom stereocenters. The molecule has 2 unspecified atom stereocenters. The number of anilines is 1. The fraction of sp³-hybridized carbons (Fsp3) is 0.300. The second-order valence-electron chi connectivity index (χ2n) is 3.46. The molecular formula is C10H13ClN2O3. The molecule has 0 aromatic heterocycles. The van der Waals surface area contributed by atoms with Crippen LogP contribution in [0.3, 0.4) is 0 Å². The molecule has 1 amide bonds. The van der Waals surface area contributed by atoms with Gasteiger partial charge in [-0.05, 0) is 12.1 Å². The predicted molar refractivity (Wildman–Crippen MR) is 60.6 cm³/mol. The third-order valence-electron chi connectivity index (χ3n) is 2.12. The van der Waals surface area contributed by atoms with Gasteiger partial charge in [0.2, 0.25) is 5.91 Å². The van der Waals surface area contributed by atoms with Crippen molar-refractivity contribution < 1.29 is 15.0 Å². The highest BCUT2D eigenvalue weighted by Crippen LogP contribution is 2.28. The van der Waals surface area contributed by atoms with E-state index in [1.807, 2.05) is 0 Å². The van der Waals surface area contributed by atoms with Crippen LogP contribution in [-0.4, -0.2) is 22.2 Å². The standard InChI is InChI=1S/C10H13ClN2O3/c11-7-3-5(12)1-2-6(7)10(16)8(14)4-9(13)15/h1-3,8,10,14,16H,4,12H2,(H2,13,15). The lowest BCUT2D eigenvalue weighted by Gasteiger charge is -2.18. The molecular weight excluding hydrogens is 232 g/mol. The maximum atomic E-state index is 10.6. The normalized spacial score (nSPS) is 14.4. The molecule has 1 aromatic carbocycles. The summed E-state index contributed by atoms with van der Waals surface area (Å²) in [7, 11) is 0. The number of halogens is 1. The van der Waals surface area contributed by atoms with E-state index in [1.54, 1.807) is 6.07 Å². The molecule has 0 saturated carbocycles. The average molecular weight is 245 g/mol. The molecule has 0 aliphatic heterocycles. The van der Waals surface area contributed by atoms with Crippen LogP contribution in [0.4, 0.5) is 5.69 Å². The van der Waals surface area contributed by atoms with E-state index >= 15 is 0 Å². The monoisotopic (exact) mass is 244 g/mol. The Morgan fingerprint density at radius 3 is 2.56 bits per heavy atom. The molecule has 5 nitrogen and oxygen atoms in total. The van der Waals surface area contributed by atoms with E-state index in [0.717, 1.165) is 0 Å². The van der Waals surface area contributed by atoms with Crippen LogP contribution in [0.2, 0.25) is 5.02 Å². The number of aliphatic hydroxyl groups is 2. The smallest absolute Gasteiger partial charge is 0.220 e. The van der Waals surface area contributed by atoms with Crippen molar-refractivity contribution in [2.45, 2.75) is 18.6 Å². The van der Waals surface area contributed by atoms with Crippen LogP contribution in [0.1, 0.15) is 18.1 Å². The van der Waals surface area contributed by atoms with Crippen LogP contribution in [0, 0.1) is 0 Å². The number of benzene rings is 1. The van der Waals surface area contributed by atoms with Gasteiger partial charge in [0.1, 0.15) is 6.10 Å². The number of hydrogen-bond donors (Lipinski definition) is 4. The first-order chi connectivity index (χ1) is 7.41. The molecule has 0 bridgehead atoms. The summed E-state index contributed by atoms with van der Waals surface area (Å²) in [6, 6.07) is 4.49. The molecule has 0 heterocycles. The lowest BCUT2D eigenvalue weighted by atomic mass is 10.0. The van der Waals surface area contributed by atoms with Crippen molar-refractivity contribution in [3.8, 4) is 0 Å². The Morgan fingerprint density at radius 2 is 2.06 bits per heavy atom. The molecule has 1 rings (SSSR count). The van der Waals surface area contributed by atoms with Crippen molar-refractivity contribution in [2.24, 2.45) is 5.73 Å². The van der Waals surface area contributed by atoms with E-state index in [1.165, 1.54) is 12.1 Å². The summed E-state index contributed by atoms with van der Waals surface area (Å²) in [4.78, 5) is 10.6. The number of amides is 1. The molecule has 0 fully saturated rings. The zero-order valence-electron chi connectivity index (χ0n) is 8.43. The largest absolute Gasteiger partial charge is 0.399 e. The summed E-state index contributed by atoms with van der Waals surface area (Å²) in [6.07, 6.45) is -2.87. The van der Waals surface area contributed by atoms with Crippen molar-refractivity contribution in [3.05, 3.63) is 28.8 Å². The molecule has 6 heteroatoms.